The number of ether oxygens (including phenoxy) is 1. The molecule has 0 unspecified atom stereocenters. The Bertz CT molecular complexity index is 914. The number of para-hydroxylation sites is 1. The van der Waals surface area contributed by atoms with E-state index in [-0.39, 0.29) is 24.3 Å². The first-order valence-corrected chi connectivity index (χ1v) is 10.9. The van der Waals surface area contributed by atoms with Gasteiger partial charge in [0.25, 0.3) is 0 Å². The van der Waals surface area contributed by atoms with Crippen LogP contribution in [0.5, 0.6) is 5.75 Å². The summed E-state index contributed by atoms with van der Waals surface area (Å²) in [5.74, 6) is -1.85. The van der Waals surface area contributed by atoms with Gasteiger partial charge in [0.1, 0.15) is 0 Å². The molecule has 2 fully saturated rings. The SMILES string of the molecule is O=C(N(CN1CCC(COc2ccccc2F)CC1)[C@@H]1C[C@H]1c1ccccc1)C(F)(F)F. The molecule has 32 heavy (non-hydrogen) atoms. The Labute approximate surface area is 184 Å². The average molecular weight is 450 g/mol. The van der Waals surface area contributed by atoms with Gasteiger partial charge < -0.3 is 9.64 Å². The molecule has 2 aromatic rings. The molecule has 0 aromatic heterocycles. The molecule has 1 aliphatic heterocycles. The van der Waals surface area contributed by atoms with Gasteiger partial charge in [-0.3, -0.25) is 9.69 Å². The summed E-state index contributed by atoms with van der Waals surface area (Å²) in [6, 6.07) is 15.1. The molecule has 0 N–H and O–H groups in total. The van der Waals surface area contributed by atoms with Gasteiger partial charge in [-0.2, -0.15) is 13.2 Å². The number of amides is 1. The van der Waals surface area contributed by atoms with Crippen LogP contribution in [-0.2, 0) is 4.79 Å². The third-order valence-corrected chi connectivity index (χ3v) is 6.26. The smallest absolute Gasteiger partial charge is 0.471 e. The molecule has 1 saturated carbocycles. The lowest BCUT2D eigenvalue weighted by Gasteiger charge is -2.36. The number of nitrogens with zero attached hydrogens (tertiary/aromatic N) is 2. The molecular formula is C24H26F4N2O2. The summed E-state index contributed by atoms with van der Waals surface area (Å²) < 4.78 is 59.1. The van der Waals surface area contributed by atoms with E-state index in [1.54, 1.807) is 18.2 Å². The second-order valence-corrected chi connectivity index (χ2v) is 8.54. The van der Waals surface area contributed by atoms with E-state index in [9.17, 15) is 22.4 Å². The molecule has 1 aliphatic carbocycles. The van der Waals surface area contributed by atoms with Crippen molar-refractivity contribution in [3.8, 4) is 5.75 Å². The summed E-state index contributed by atoms with van der Waals surface area (Å²) in [4.78, 5) is 15.1. The number of carbonyl (C=O) groups is 1. The van der Waals surface area contributed by atoms with Crippen molar-refractivity contribution >= 4 is 5.91 Å². The first-order chi connectivity index (χ1) is 15.3. The number of alkyl halides is 3. The minimum atomic E-state index is -4.89. The highest BCUT2D eigenvalue weighted by molar-refractivity contribution is 5.82. The van der Waals surface area contributed by atoms with Gasteiger partial charge >= 0.3 is 12.1 Å². The van der Waals surface area contributed by atoms with Gasteiger partial charge in [-0.05, 0) is 42.9 Å². The third kappa shape index (κ3) is 5.41. The zero-order chi connectivity index (χ0) is 22.7. The maximum Gasteiger partial charge on any atom is 0.471 e. The molecule has 1 heterocycles. The topological polar surface area (TPSA) is 32.8 Å². The predicted octanol–water partition coefficient (Wildman–Crippen LogP) is 4.82. The number of halogens is 4. The van der Waals surface area contributed by atoms with Gasteiger partial charge in [-0.1, -0.05) is 42.5 Å². The maximum absolute atomic E-state index is 13.7. The van der Waals surface area contributed by atoms with E-state index in [0.29, 0.717) is 26.1 Å². The molecule has 2 atom stereocenters. The normalized spacial score (nSPS) is 21.9. The highest BCUT2D eigenvalue weighted by Crippen LogP contribution is 2.45. The van der Waals surface area contributed by atoms with Crippen molar-refractivity contribution in [2.75, 3.05) is 26.4 Å². The fourth-order valence-corrected chi connectivity index (χ4v) is 4.35. The molecule has 8 heteroatoms. The second kappa shape index (κ2) is 9.48. The molecular weight excluding hydrogens is 424 g/mol. The Morgan fingerprint density at radius 3 is 2.34 bits per heavy atom. The monoisotopic (exact) mass is 450 g/mol. The molecule has 2 aromatic carbocycles. The van der Waals surface area contributed by atoms with Crippen LogP contribution in [0.15, 0.2) is 54.6 Å². The van der Waals surface area contributed by atoms with Crippen molar-refractivity contribution in [1.29, 1.82) is 0 Å². The highest BCUT2D eigenvalue weighted by Gasteiger charge is 2.52. The molecule has 4 nitrogen and oxygen atoms in total. The Balaban J connectivity index is 1.32. The van der Waals surface area contributed by atoms with Crippen LogP contribution in [0.3, 0.4) is 0 Å². The first-order valence-electron chi connectivity index (χ1n) is 10.9. The van der Waals surface area contributed by atoms with Crippen LogP contribution >= 0.6 is 0 Å². The van der Waals surface area contributed by atoms with Crippen LogP contribution < -0.4 is 4.74 Å². The summed E-state index contributed by atoms with van der Waals surface area (Å²) in [6.07, 6.45) is -2.92. The summed E-state index contributed by atoms with van der Waals surface area (Å²) in [7, 11) is 0. The lowest BCUT2D eigenvalue weighted by Crippen LogP contribution is -2.50. The van der Waals surface area contributed by atoms with E-state index in [0.717, 1.165) is 23.3 Å². The summed E-state index contributed by atoms with van der Waals surface area (Å²) >= 11 is 0. The molecule has 0 spiro atoms. The van der Waals surface area contributed by atoms with E-state index in [1.165, 1.54) is 6.07 Å². The van der Waals surface area contributed by atoms with Crippen LogP contribution in [0.1, 0.15) is 30.7 Å². The van der Waals surface area contributed by atoms with Crippen LogP contribution in [0.25, 0.3) is 0 Å². The standard InChI is InChI=1S/C24H26F4N2O2/c25-20-8-4-5-9-22(20)32-15-17-10-12-29(13-11-17)16-30(23(31)24(26,27)28)21-14-19(21)18-6-2-1-3-7-18/h1-9,17,19,21H,10-16H2/t19-,21+/m0/s1. The minimum absolute atomic E-state index is 0.0345. The number of piperidine rings is 1. The van der Waals surface area contributed by atoms with Gasteiger partial charge in [0.15, 0.2) is 11.6 Å². The van der Waals surface area contributed by atoms with Gasteiger partial charge in [0.05, 0.1) is 13.3 Å². The van der Waals surface area contributed by atoms with Crippen LogP contribution in [-0.4, -0.2) is 54.3 Å². The fourth-order valence-electron chi connectivity index (χ4n) is 4.35. The molecule has 0 bridgehead atoms. The zero-order valence-electron chi connectivity index (χ0n) is 17.6. The van der Waals surface area contributed by atoms with Gasteiger partial charge in [0.2, 0.25) is 0 Å². The average Bonchev–Trinajstić information content (AvgIpc) is 3.58. The fraction of sp³-hybridized carbons (Fsp3) is 0.458. The summed E-state index contributed by atoms with van der Waals surface area (Å²) in [5, 5.41) is 0. The van der Waals surface area contributed by atoms with Crippen molar-refractivity contribution in [2.24, 2.45) is 5.92 Å². The number of hydrogen-bond donors (Lipinski definition) is 0. The molecule has 0 radical (unpaired) electrons. The van der Waals surface area contributed by atoms with E-state index in [1.807, 2.05) is 35.2 Å². The van der Waals surface area contributed by atoms with Crippen LogP contribution in [0.2, 0.25) is 0 Å². The van der Waals surface area contributed by atoms with Crippen molar-refractivity contribution < 1.29 is 27.1 Å². The summed E-state index contributed by atoms with van der Waals surface area (Å²) in [5.41, 5.74) is 0.960. The van der Waals surface area contributed by atoms with Crippen molar-refractivity contribution in [2.45, 2.75) is 37.4 Å². The van der Waals surface area contributed by atoms with Gasteiger partial charge in [-0.15, -0.1) is 0 Å². The molecule has 2 aliphatic rings. The maximum atomic E-state index is 13.7. The van der Waals surface area contributed by atoms with E-state index in [2.05, 4.69) is 0 Å². The van der Waals surface area contributed by atoms with Gasteiger partial charge in [-0.25, -0.2) is 4.39 Å². The quantitative estimate of drug-likeness (QED) is 0.567. The number of likely N-dealkylation sites (tertiary alicyclic amines) is 1. The lowest BCUT2D eigenvalue weighted by atomic mass is 9.98. The molecule has 1 amide bonds. The molecule has 1 saturated heterocycles. The van der Waals surface area contributed by atoms with Gasteiger partial charge in [0, 0.05) is 25.0 Å². The van der Waals surface area contributed by atoms with E-state index >= 15 is 0 Å². The van der Waals surface area contributed by atoms with Crippen LogP contribution in [0, 0.1) is 11.7 Å². The second-order valence-electron chi connectivity index (χ2n) is 8.54. The Morgan fingerprint density at radius 2 is 1.69 bits per heavy atom. The third-order valence-electron chi connectivity index (χ3n) is 6.26. The minimum Gasteiger partial charge on any atom is -0.490 e. The number of hydrogen-bond acceptors (Lipinski definition) is 3. The highest BCUT2D eigenvalue weighted by atomic mass is 19.4. The van der Waals surface area contributed by atoms with E-state index < -0.39 is 23.9 Å². The van der Waals surface area contributed by atoms with E-state index in [4.69, 9.17) is 4.74 Å². The first kappa shape index (κ1) is 22.6. The largest absolute Gasteiger partial charge is 0.490 e. The van der Waals surface area contributed by atoms with Crippen molar-refractivity contribution in [3.63, 3.8) is 0 Å². The molecule has 172 valence electrons. The Morgan fingerprint density at radius 1 is 1.03 bits per heavy atom. The number of benzene rings is 2. The summed E-state index contributed by atoms with van der Waals surface area (Å²) in [6.45, 7) is 1.46. The lowest BCUT2D eigenvalue weighted by molar-refractivity contribution is -0.188. The Hall–Kier alpha value is -2.61. The number of rotatable bonds is 7. The molecule has 4 rings (SSSR count). The van der Waals surface area contributed by atoms with Crippen LogP contribution in [0.4, 0.5) is 17.6 Å². The van der Waals surface area contributed by atoms with Crippen molar-refractivity contribution in [3.05, 3.63) is 66.0 Å². The Kier molecular flexibility index (Phi) is 6.69. The zero-order valence-corrected chi connectivity index (χ0v) is 17.6. The predicted molar refractivity (Wildman–Crippen MR) is 112 cm³/mol. The van der Waals surface area contributed by atoms with Crippen molar-refractivity contribution in [1.82, 2.24) is 9.80 Å². The number of carbonyl (C=O) groups excluding carboxylic acids is 1.